The van der Waals surface area contributed by atoms with Crippen LogP contribution in [0.15, 0.2) is 47.3 Å². The molecule has 1 aliphatic heterocycles. The summed E-state index contributed by atoms with van der Waals surface area (Å²) >= 11 is 6.43. The van der Waals surface area contributed by atoms with E-state index in [1.807, 2.05) is 39.0 Å². The van der Waals surface area contributed by atoms with E-state index in [9.17, 15) is 9.59 Å². The molecule has 0 spiro atoms. The van der Waals surface area contributed by atoms with Crippen molar-refractivity contribution in [2.45, 2.75) is 33.1 Å². The Labute approximate surface area is 152 Å². The molecule has 4 nitrogen and oxygen atoms in total. The molecule has 2 aliphatic rings. The third kappa shape index (κ3) is 3.11. The number of carbonyl (C=O) groups excluding carboxylic acids is 2. The van der Waals surface area contributed by atoms with Crippen molar-refractivity contribution in [2.24, 2.45) is 11.3 Å². The number of hydrogen-bond donors (Lipinski definition) is 1. The highest BCUT2D eigenvalue weighted by molar-refractivity contribution is 6.31. The lowest BCUT2D eigenvalue weighted by Crippen LogP contribution is -2.43. The number of ether oxygens (including phenoxy) is 1. The summed E-state index contributed by atoms with van der Waals surface area (Å²) in [7, 11) is 1.35. The van der Waals surface area contributed by atoms with Crippen LogP contribution in [-0.4, -0.2) is 18.9 Å². The van der Waals surface area contributed by atoms with Gasteiger partial charge in [0.15, 0.2) is 0 Å². The average molecular weight is 360 g/mol. The highest BCUT2D eigenvalue weighted by Crippen LogP contribution is 2.48. The van der Waals surface area contributed by atoms with Crippen LogP contribution in [0.3, 0.4) is 0 Å². The molecule has 1 N–H and O–H groups in total. The van der Waals surface area contributed by atoms with Gasteiger partial charge in [0.1, 0.15) is 5.78 Å². The van der Waals surface area contributed by atoms with E-state index in [0.29, 0.717) is 22.7 Å². The molecule has 2 atom stereocenters. The van der Waals surface area contributed by atoms with Gasteiger partial charge < -0.3 is 10.1 Å². The van der Waals surface area contributed by atoms with Crippen LogP contribution in [-0.2, 0) is 14.3 Å². The van der Waals surface area contributed by atoms with Gasteiger partial charge >= 0.3 is 5.97 Å². The summed E-state index contributed by atoms with van der Waals surface area (Å²) < 4.78 is 5.00. The third-order valence-electron chi connectivity index (χ3n) is 4.88. The van der Waals surface area contributed by atoms with Crippen LogP contribution < -0.4 is 5.32 Å². The van der Waals surface area contributed by atoms with Crippen LogP contribution >= 0.6 is 11.6 Å². The summed E-state index contributed by atoms with van der Waals surface area (Å²) in [5.41, 5.74) is 2.56. The van der Waals surface area contributed by atoms with Crippen molar-refractivity contribution in [3.63, 3.8) is 0 Å². The number of halogens is 1. The molecule has 0 saturated heterocycles. The lowest BCUT2D eigenvalue weighted by atomic mass is 9.66. The molecule has 1 aromatic rings. The molecule has 25 heavy (non-hydrogen) atoms. The fourth-order valence-electron chi connectivity index (χ4n) is 3.91. The largest absolute Gasteiger partial charge is 0.466 e. The van der Waals surface area contributed by atoms with Gasteiger partial charge in [0.05, 0.1) is 18.6 Å². The summed E-state index contributed by atoms with van der Waals surface area (Å²) in [6, 6.07) is 7.36. The van der Waals surface area contributed by atoms with E-state index in [1.165, 1.54) is 7.11 Å². The Morgan fingerprint density at radius 2 is 1.96 bits per heavy atom. The van der Waals surface area contributed by atoms with Gasteiger partial charge in [-0.2, -0.15) is 0 Å². The fourth-order valence-corrected chi connectivity index (χ4v) is 4.16. The predicted molar refractivity (Wildman–Crippen MR) is 97.0 cm³/mol. The maximum Gasteiger partial charge on any atom is 0.336 e. The predicted octanol–water partition coefficient (Wildman–Crippen LogP) is 3.97. The second-order valence-electron chi connectivity index (χ2n) is 7.36. The zero-order valence-electron chi connectivity index (χ0n) is 14.9. The van der Waals surface area contributed by atoms with E-state index in [0.717, 1.165) is 11.3 Å². The lowest BCUT2D eigenvalue weighted by molar-refractivity contribution is -0.136. The molecule has 0 saturated carbocycles. The van der Waals surface area contributed by atoms with Crippen LogP contribution in [0, 0.1) is 11.3 Å². The Hall–Kier alpha value is -2.07. The zero-order chi connectivity index (χ0) is 18.4. The molecule has 132 valence electrons. The van der Waals surface area contributed by atoms with Crippen molar-refractivity contribution in [3.05, 3.63) is 57.9 Å². The second kappa shape index (κ2) is 6.34. The first kappa shape index (κ1) is 17.7. The SMILES string of the molecule is COC(=O)C1=C(C)NC2=CC(C)(C)CC(=O)C2C1c1ccccc1Cl. The Balaban J connectivity index is 2.25. The first-order valence-electron chi connectivity index (χ1n) is 8.31. The number of ketones is 1. The molecule has 0 radical (unpaired) electrons. The monoisotopic (exact) mass is 359 g/mol. The summed E-state index contributed by atoms with van der Waals surface area (Å²) in [5.74, 6) is -1.23. The minimum atomic E-state index is -0.453. The molecule has 3 rings (SSSR count). The van der Waals surface area contributed by atoms with Crippen molar-refractivity contribution in [3.8, 4) is 0 Å². The molecular formula is C20H22ClNO3. The Kier molecular flexibility index (Phi) is 4.50. The van der Waals surface area contributed by atoms with Crippen molar-refractivity contribution >= 4 is 23.4 Å². The van der Waals surface area contributed by atoms with Crippen LogP contribution in [0.4, 0.5) is 0 Å². The molecule has 5 heteroatoms. The maximum atomic E-state index is 13.0. The minimum absolute atomic E-state index is 0.105. The van der Waals surface area contributed by atoms with E-state index in [1.54, 1.807) is 6.07 Å². The van der Waals surface area contributed by atoms with Crippen molar-refractivity contribution in [2.75, 3.05) is 7.11 Å². The number of fused-ring (bicyclic) bond motifs is 1. The molecule has 0 aromatic heterocycles. The summed E-state index contributed by atoms with van der Waals surface area (Å²) in [6.07, 6.45) is 2.53. The van der Waals surface area contributed by atoms with Crippen molar-refractivity contribution in [1.29, 1.82) is 0 Å². The van der Waals surface area contributed by atoms with Gasteiger partial charge in [-0.1, -0.05) is 49.7 Å². The normalized spacial score (nSPS) is 25.0. The zero-order valence-corrected chi connectivity index (χ0v) is 15.6. The highest BCUT2D eigenvalue weighted by Gasteiger charge is 2.46. The minimum Gasteiger partial charge on any atom is -0.466 e. The lowest BCUT2D eigenvalue weighted by Gasteiger charge is -2.41. The molecule has 0 fully saturated rings. The van der Waals surface area contributed by atoms with E-state index in [-0.39, 0.29) is 11.2 Å². The van der Waals surface area contributed by atoms with Gasteiger partial charge in [-0.3, -0.25) is 4.79 Å². The van der Waals surface area contributed by atoms with E-state index in [2.05, 4.69) is 11.4 Å². The average Bonchev–Trinajstić information content (AvgIpc) is 2.52. The van der Waals surface area contributed by atoms with Gasteiger partial charge in [0, 0.05) is 28.8 Å². The first-order chi connectivity index (χ1) is 11.7. The summed E-state index contributed by atoms with van der Waals surface area (Å²) in [6.45, 7) is 5.91. The number of esters is 1. The Morgan fingerprint density at radius 1 is 1.28 bits per heavy atom. The van der Waals surface area contributed by atoms with Gasteiger partial charge in [-0.05, 0) is 24.0 Å². The van der Waals surface area contributed by atoms with Crippen molar-refractivity contribution in [1.82, 2.24) is 5.32 Å². The number of benzene rings is 1. The first-order valence-corrected chi connectivity index (χ1v) is 8.69. The van der Waals surface area contributed by atoms with Crippen molar-refractivity contribution < 1.29 is 14.3 Å². The smallest absolute Gasteiger partial charge is 0.336 e. The molecule has 1 aliphatic carbocycles. The number of Topliss-reactive ketones (excluding diaryl/α,β-unsaturated/α-hetero) is 1. The van der Waals surface area contributed by atoms with Crippen LogP contribution in [0.25, 0.3) is 0 Å². The number of hydrogen-bond acceptors (Lipinski definition) is 4. The van der Waals surface area contributed by atoms with E-state index >= 15 is 0 Å². The Morgan fingerprint density at radius 3 is 2.60 bits per heavy atom. The number of methoxy groups -OCH3 is 1. The number of allylic oxidation sites excluding steroid dienone is 3. The molecule has 1 heterocycles. The quantitative estimate of drug-likeness (QED) is 0.812. The molecule has 0 amide bonds. The highest BCUT2D eigenvalue weighted by atomic mass is 35.5. The standard InChI is InChI=1S/C20H22ClNO3/c1-11-16(19(24)25-4)17(12-7-5-6-8-13(12)21)18-14(22-11)9-20(2,3)10-15(18)23/h5-9,17-18,22H,10H2,1-4H3. The summed E-state index contributed by atoms with van der Waals surface area (Å²) in [4.78, 5) is 25.5. The van der Waals surface area contributed by atoms with Crippen LogP contribution in [0.5, 0.6) is 0 Å². The van der Waals surface area contributed by atoms with Crippen LogP contribution in [0.1, 0.15) is 38.7 Å². The van der Waals surface area contributed by atoms with E-state index < -0.39 is 17.8 Å². The molecule has 1 aromatic carbocycles. The number of rotatable bonds is 2. The number of nitrogens with one attached hydrogen (secondary N) is 1. The number of carbonyl (C=O) groups is 2. The van der Waals surface area contributed by atoms with Gasteiger partial charge in [0.25, 0.3) is 0 Å². The molecule has 0 bridgehead atoms. The topological polar surface area (TPSA) is 55.4 Å². The molecular weight excluding hydrogens is 338 g/mol. The molecule has 2 unspecified atom stereocenters. The maximum absolute atomic E-state index is 13.0. The summed E-state index contributed by atoms with van der Waals surface area (Å²) in [5, 5.41) is 3.81. The van der Waals surface area contributed by atoms with Crippen LogP contribution in [0.2, 0.25) is 5.02 Å². The van der Waals surface area contributed by atoms with Gasteiger partial charge in [-0.25, -0.2) is 4.79 Å². The third-order valence-corrected chi connectivity index (χ3v) is 5.23. The van der Waals surface area contributed by atoms with E-state index in [4.69, 9.17) is 16.3 Å². The second-order valence-corrected chi connectivity index (χ2v) is 7.77. The Bertz CT molecular complexity index is 807. The van der Waals surface area contributed by atoms with Gasteiger partial charge in [-0.15, -0.1) is 0 Å². The van der Waals surface area contributed by atoms with Gasteiger partial charge in [0.2, 0.25) is 0 Å². The fraction of sp³-hybridized carbons (Fsp3) is 0.400.